The molecule has 1 saturated carbocycles. The Balaban J connectivity index is 1.91. The van der Waals surface area contributed by atoms with Gasteiger partial charge in [0.1, 0.15) is 5.75 Å². The maximum Gasteiger partial charge on any atom is 0.306 e. The molecule has 1 aromatic carbocycles. The number of hydrogen-bond donors (Lipinski definition) is 2. The Kier molecular flexibility index (Phi) is 5.41. The van der Waals surface area contributed by atoms with Crippen LogP contribution in [0, 0.1) is 18.8 Å². The Morgan fingerprint density at radius 2 is 2.05 bits per heavy atom. The summed E-state index contributed by atoms with van der Waals surface area (Å²) in [5, 5.41) is 12.0. The largest absolute Gasteiger partial charge is 0.496 e. The number of hydrogen-bond acceptors (Lipinski definition) is 3. The highest BCUT2D eigenvalue weighted by Crippen LogP contribution is 2.29. The van der Waals surface area contributed by atoms with E-state index in [1.807, 2.05) is 25.1 Å². The smallest absolute Gasteiger partial charge is 0.306 e. The van der Waals surface area contributed by atoms with E-state index in [0.29, 0.717) is 19.4 Å². The first-order chi connectivity index (χ1) is 10.5. The molecule has 2 N–H and O–H groups in total. The average Bonchev–Trinajstić information content (AvgIpc) is 2.53. The standard InChI is InChI=1S/C17H23NO4/c1-11-6-7-12(8-15(11)22-2)10-18-16(19)13-4-3-5-14(9-13)17(20)21/h6-8,13-14H,3-5,9-10H2,1-2H3,(H,18,19)(H,20,21). The SMILES string of the molecule is COc1cc(CNC(=O)C2CCCC(C(=O)O)C2)ccc1C. The van der Waals surface area contributed by atoms with Crippen molar-refractivity contribution in [1.29, 1.82) is 0 Å². The van der Waals surface area contributed by atoms with E-state index in [2.05, 4.69) is 5.32 Å². The third kappa shape index (κ3) is 4.00. The fourth-order valence-electron chi connectivity index (χ4n) is 2.96. The number of ether oxygens (including phenoxy) is 1. The predicted molar refractivity (Wildman–Crippen MR) is 82.7 cm³/mol. The number of nitrogens with one attached hydrogen (secondary N) is 1. The zero-order valence-corrected chi connectivity index (χ0v) is 13.1. The molecule has 5 heteroatoms. The van der Waals surface area contributed by atoms with E-state index in [-0.39, 0.29) is 17.7 Å². The van der Waals surface area contributed by atoms with Gasteiger partial charge in [0.2, 0.25) is 5.91 Å². The highest BCUT2D eigenvalue weighted by Gasteiger charge is 2.30. The van der Waals surface area contributed by atoms with Gasteiger partial charge in [-0.15, -0.1) is 0 Å². The van der Waals surface area contributed by atoms with Crippen molar-refractivity contribution >= 4 is 11.9 Å². The minimum absolute atomic E-state index is 0.0505. The maximum absolute atomic E-state index is 12.2. The lowest BCUT2D eigenvalue weighted by atomic mass is 9.81. The molecule has 0 aliphatic heterocycles. The molecule has 0 radical (unpaired) electrons. The van der Waals surface area contributed by atoms with Crippen LogP contribution >= 0.6 is 0 Å². The van der Waals surface area contributed by atoms with Crippen molar-refractivity contribution in [2.45, 2.75) is 39.2 Å². The fourth-order valence-corrected chi connectivity index (χ4v) is 2.96. The van der Waals surface area contributed by atoms with Gasteiger partial charge < -0.3 is 15.2 Å². The first kappa shape index (κ1) is 16.3. The Hall–Kier alpha value is -2.04. The first-order valence-electron chi connectivity index (χ1n) is 7.65. The van der Waals surface area contributed by atoms with Crippen molar-refractivity contribution in [1.82, 2.24) is 5.32 Å². The summed E-state index contributed by atoms with van der Waals surface area (Å²) in [4.78, 5) is 23.3. The average molecular weight is 305 g/mol. The van der Waals surface area contributed by atoms with Gasteiger partial charge in [-0.25, -0.2) is 0 Å². The zero-order valence-electron chi connectivity index (χ0n) is 13.1. The minimum atomic E-state index is -0.791. The summed E-state index contributed by atoms with van der Waals surface area (Å²) < 4.78 is 5.27. The number of benzene rings is 1. The molecule has 2 atom stereocenters. The van der Waals surface area contributed by atoms with Crippen LogP contribution in [0.2, 0.25) is 0 Å². The minimum Gasteiger partial charge on any atom is -0.496 e. The third-order valence-corrected chi connectivity index (χ3v) is 4.33. The summed E-state index contributed by atoms with van der Waals surface area (Å²) in [6.45, 7) is 2.40. The van der Waals surface area contributed by atoms with Gasteiger partial charge >= 0.3 is 5.97 Å². The molecule has 0 aromatic heterocycles. The summed E-state index contributed by atoms with van der Waals surface area (Å²) in [6, 6.07) is 5.83. The summed E-state index contributed by atoms with van der Waals surface area (Å²) in [5.74, 6) is -0.618. The number of methoxy groups -OCH3 is 1. The number of amides is 1. The van der Waals surface area contributed by atoms with Crippen molar-refractivity contribution < 1.29 is 19.4 Å². The number of carboxylic acid groups (broad SMARTS) is 1. The van der Waals surface area contributed by atoms with Crippen LogP contribution in [0.5, 0.6) is 5.75 Å². The number of carbonyl (C=O) groups is 2. The van der Waals surface area contributed by atoms with Crippen LogP contribution in [-0.4, -0.2) is 24.1 Å². The number of rotatable bonds is 5. The molecule has 0 saturated heterocycles. The van der Waals surface area contributed by atoms with Gasteiger partial charge in [-0.2, -0.15) is 0 Å². The van der Waals surface area contributed by atoms with Crippen molar-refractivity contribution in [2.75, 3.05) is 7.11 Å². The molecule has 2 rings (SSSR count). The van der Waals surface area contributed by atoms with Gasteiger partial charge in [0, 0.05) is 12.5 Å². The number of aryl methyl sites for hydroxylation is 1. The third-order valence-electron chi connectivity index (χ3n) is 4.33. The van der Waals surface area contributed by atoms with Gasteiger partial charge in [-0.1, -0.05) is 18.6 Å². The Morgan fingerprint density at radius 1 is 1.32 bits per heavy atom. The topological polar surface area (TPSA) is 75.6 Å². The van der Waals surface area contributed by atoms with Gasteiger partial charge in [0.25, 0.3) is 0 Å². The number of carboxylic acids is 1. The molecular formula is C17H23NO4. The Labute approximate surface area is 130 Å². The summed E-state index contributed by atoms with van der Waals surface area (Å²) in [5.41, 5.74) is 2.02. The maximum atomic E-state index is 12.2. The van der Waals surface area contributed by atoms with Crippen LogP contribution in [-0.2, 0) is 16.1 Å². The van der Waals surface area contributed by atoms with Crippen LogP contribution in [0.15, 0.2) is 18.2 Å². The molecule has 22 heavy (non-hydrogen) atoms. The lowest BCUT2D eigenvalue weighted by molar-refractivity contribution is -0.144. The number of carbonyl (C=O) groups excluding carboxylic acids is 1. The fraction of sp³-hybridized carbons (Fsp3) is 0.529. The summed E-state index contributed by atoms with van der Waals surface area (Å²) in [6.07, 6.45) is 2.69. The highest BCUT2D eigenvalue weighted by molar-refractivity contribution is 5.80. The van der Waals surface area contributed by atoms with Crippen molar-refractivity contribution in [2.24, 2.45) is 11.8 Å². The molecule has 2 unspecified atom stereocenters. The molecule has 1 aromatic rings. The molecule has 1 amide bonds. The molecule has 0 bridgehead atoms. The molecule has 0 spiro atoms. The molecule has 5 nitrogen and oxygen atoms in total. The second-order valence-electron chi connectivity index (χ2n) is 5.92. The first-order valence-corrected chi connectivity index (χ1v) is 7.65. The van der Waals surface area contributed by atoms with E-state index in [0.717, 1.165) is 29.7 Å². The van der Waals surface area contributed by atoms with Crippen LogP contribution in [0.1, 0.15) is 36.8 Å². The monoisotopic (exact) mass is 305 g/mol. The second kappa shape index (κ2) is 7.29. The zero-order chi connectivity index (χ0) is 16.1. The number of aliphatic carboxylic acids is 1. The van der Waals surface area contributed by atoms with E-state index in [1.165, 1.54) is 0 Å². The summed E-state index contributed by atoms with van der Waals surface area (Å²) >= 11 is 0. The van der Waals surface area contributed by atoms with E-state index >= 15 is 0 Å². The molecule has 0 heterocycles. The molecule has 1 aliphatic rings. The normalized spacial score (nSPS) is 21.2. The van der Waals surface area contributed by atoms with E-state index in [4.69, 9.17) is 9.84 Å². The van der Waals surface area contributed by atoms with E-state index < -0.39 is 5.97 Å². The van der Waals surface area contributed by atoms with Crippen LogP contribution < -0.4 is 10.1 Å². The molecule has 1 aliphatic carbocycles. The van der Waals surface area contributed by atoms with Crippen molar-refractivity contribution in [3.05, 3.63) is 29.3 Å². The van der Waals surface area contributed by atoms with Gasteiger partial charge in [-0.3, -0.25) is 9.59 Å². The van der Waals surface area contributed by atoms with E-state index in [1.54, 1.807) is 7.11 Å². The van der Waals surface area contributed by atoms with Gasteiger partial charge in [0.15, 0.2) is 0 Å². The second-order valence-corrected chi connectivity index (χ2v) is 5.92. The molecule has 1 fully saturated rings. The predicted octanol–water partition coefficient (Wildman–Crippen LogP) is 2.51. The van der Waals surface area contributed by atoms with Crippen LogP contribution in [0.4, 0.5) is 0 Å². The van der Waals surface area contributed by atoms with Crippen molar-refractivity contribution in [3.8, 4) is 5.75 Å². The highest BCUT2D eigenvalue weighted by atomic mass is 16.5. The molecule has 120 valence electrons. The Bertz CT molecular complexity index is 556. The Morgan fingerprint density at radius 3 is 2.73 bits per heavy atom. The van der Waals surface area contributed by atoms with Crippen molar-refractivity contribution in [3.63, 3.8) is 0 Å². The lowest BCUT2D eigenvalue weighted by Crippen LogP contribution is -2.35. The van der Waals surface area contributed by atoms with Crippen LogP contribution in [0.25, 0.3) is 0 Å². The van der Waals surface area contributed by atoms with E-state index in [9.17, 15) is 9.59 Å². The van der Waals surface area contributed by atoms with Gasteiger partial charge in [0.05, 0.1) is 13.0 Å². The quantitative estimate of drug-likeness (QED) is 0.876. The lowest BCUT2D eigenvalue weighted by Gasteiger charge is -2.25. The summed E-state index contributed by atoms with van der Waals surface area (Å²) in [7, 11) is 1.62. The van der Waals surface area contributed by atoms with Crippen LogP contribution in [0.3, 0.4) is 0 Å². The molecular weight excluding hydrogens is 282 g/mol. The van der Waals surface area contributed by atoms with Gasteiger partial charge in [-0.05, 0) is 43.4 Å².